The molecule has 34 heavy (non-hydrogen) atoms. The molecule has 0 aliphatic carbocycles. The molecule has 0 aromatic heterocycles. The number of hydrogen-bond donors (Lipinski definition) is 1. The first-order valence-corrected chi connectivity index (χ1v) is 14.1. The summed E-state index contributed by atoms with van der Waals surface area (Å²) >= 11 is 0. The van der Waals surface area contributed by atoms with Gasteiger partial charge in [0.15, 0.2) is 0 Å². The minimum atomic E-state index is -4.21. The Balaban J connectivity index is 1.46. The first-order valence-electron chi connectivity index (χ1n) is 12.2. The number of cyclic esters (lactones) is 1. The van der Waals surface area contributed by atoms with E-state index in [4.69, 9.17) is 13.8 Å². The van der Waals surface area contributed by atoms with Gasteiger partial charge in [0, 0.05) is 0 Å². The summed E-state index contributed by atoms with van der Waals surface area (Å²) in [5.74, 6) is -0.618. The van der Waals surface area contributed by atoms with Crippen LogP contribution in [0.4, 0.5) is 0 Å². The van der Waals surface area contributed by atoms with Crippen LogP contribution in [0, 0.1) is 5.41 Å². The summed E-state index contributed by atoms with van der Waals surface area (Å²) in [6.45, 7) is 6.12. The second-order valence-corrected chi connectivity index (χ2v) is 14.5. The van der Waals surface area contributed by atoms with Gasteiger partial charge in [-0.2, -0.15) is 0 Å². The van der Waals surface area contributed by atoms with Crippen LogP contribution in [0.25, 0.3) is 0 Å². The molecule has 2 aromatic carbocycles. The molecule has 4 heterocycles. The topological polar surface area (TPSA) is 71.5 Å². The summed E-state index contributed by atoms with van der Waals surface area (Å²) in [4.78, 5) is 13.5. The van der Waals surface area contributed by atoms with Gasteiger partial charge < -0.3 is 0 Å². The van der Waals surface area contributed by atoms with Gasteiger partial charge in [0.2, 0.25) is 0 Å². The van der Waals surface area contributed by atoms with Crippen LogP contribution in [0.1, 0.15) is 25.0 Å². The maximum atomic E-state index is 13.5. The van der Waals surface area contributed by atoms with Crippen LogP contribution in [0.2, 0.25) is 0 Å². The number of ether oxygens (including phenoxy) is 1. The molecule has 0 bridgehead atoms. The molecule has 4 aliphatic rings. The van der Waals surface area contributed by atoms with Crippen molar-refractivity contribution in [2.45, 2.75) is 44.1 Å². The number of aliphatic hydroxyl groups is 1. The van der Waals surface area contributed by atoms with E-state index in [1.807, 2.05) is 50.2 Å². The fourth-order valence-corrected chi connectivity index (χ4v) is 13.4. The van der Waals surface area contributed by atoms with E-state index in [1.54, 1.807) is 0 Å². The SMILES string of the molecule is CC1(C)COC(=O)[C@]1(O)P123OC[C@H](Cc4ccccc4)N1CCN2[C@@H](Cc1ccccc1)CO3. The molecule has 0 unspecified atom stereocenters. The Morgan fingerprint density at radius 3 is 1.76 bits per heavy atom. The summed E-state index contributed by atoms with van der Waals surface area (Å²) in [7, 11) is -4.21. The van der Waals surface area contributed by atoms with Crippen molar-refractivity contribution in [2.24, 2.45) is 5.41 Å². The predicted molar refractivity (Wildman–Crippen MR) is 130 cm³/mol. The fraction of sp³-hybridized carbons (Fsp3) is 0.500. The fourth-order valence-electron chi connectivity index (χ4n) is 6.65. The minimum absolute atomic E-state index is 0.00812. The Kier molecular flexibility index (Phi) is 5.03. The summed E-state index contributed by atoms with van der Waals surface area (Å²) in [6.07, 6.45) is 1.54. The van der Waals surface area contributed by atoms with Gasteiger partial charge in [0.1, 0.15) is 0 Å². The first-order chi connectivity index (χ1) is 16.3. The second-order valence-electron chi connectivity index (χ2n) is 10.6. The van der Waals surface area contributed by atoms with E-state index < -0.39 is 24.1 Å². The van der Waals surface area contributed by atoms with E-state index in [1.165, 1.54) is 11.1 Å². The van der Waals surface area contributed by atoms with Crippen molar-refractivity contribution < 1.29 is 23.7 Å². The van der Waals surface area contributed by atoms with E-state index in [-0.39, 0.29) is 18.7 Å². The third-order valence-corrected chi connectivity index (χ3v) is 14.3. The molecular weight excluding hydrogens is 451 g/mol. The molecular formula is C26H33N2O5P. The monoisotopic (exact) mass is 484 g/mol. The molecule has 4 fully saturated rings. The van der Waals surface area contributed by atoms with E-state index in [0.717, 1.165) is 12.8 Å². The summed E-state index contributed by atoms with van der Waals surface area (Å²) < 4.78 is 23.7. The van der Waals surface area contributed by atoms with Crippen molar-refractivity contribution in [2.75, 3.05) is 32.9 Å². The van der Waals surface area contributed by atoms with Gasteiger partial charge in [0.25, 0.3) is 0 Å². The second kappa shape index (κ2) is 7.57. The van der Waals surface area contributed by atoms with Crippen LogP contribution in [-0.2, 0) is 31.4 Å². The van der Waals surface area contributed by atoms with Crippen LogP contribution in [0.5, 0.6) is 0 Å². The van der Waals surface area contributed by atoms with Crippen molar-refractivity contribution in [3.63, 3.8) is 0 Å². The van der Waals surface area contributed by atoms with Crippen LogP contribution >= 0.6 is 7.36 Å². The Morgan fingerprint density at radius 2 is 1.35 bits per heavy atom. The Labute approximate surface area is 200 Å². The molecule has 1 spiro atoms. The standard InChI is InChI=1S/C26H33N2O5P/c1-25(2)19-31-24(29)26(25,30)34-27(22(17-32-34)15-20-9-5-3-6-10-20)13-14-28(34)23(18-33-34)16-21-11-7-4-8-12-21/h3-12,22-23,30H,13-19H2,1-2H3/t22-,23-,26-/m0/s1. The molecule has 0 radical (unpaired) electrons. The number of hydrogen-bond acceptors (Lipinski definition) is 7. The van der Waals surface area contributed by atoms with Crippen molar-refractivity contribution in [3.05, 3.63) is 71.8 Å². The average molecular weight is 485 g/mol. The summed E-state index contributed by atoms with van der Waals surface area (Å²) in [5, 5.41) is 10.6. The third-order valence-electron chi connectivity index (χ3n) is 8.28. The zero-order chi connectivity index (χ0) is 23.6. The number of nitrogens with zero attached hydrogens (tertiary/aromatic N) is 2. The molecule has 2 aromatic rings. The quantitative estimate of drug-likeness (QED) is 0.515. The molecule has 4 saturated heterocycles. The van der Waals surface area contributed by atoms with Crippen LogP contribution in [-0.4, -0.2) is 70.8 Å². The van der Waals surface area contributed by atoms with Gasteiger partial charge in [-0.3, -0.25) is 0 Å². The predicted octanol–water partition coefficient (Wildman–Crippen LogP) is 3.37. The van der Waals surface area contributed by atoms with Crippen LogP contribution in [0.15, 0.2) is 60.7 Å². The Bertz CT molecular complexity index is 1030. The van der Waals surface area contributed by atoms with E-state index in [0.29, 0.717) is 26.3 Å². The molecule has 8 heteroatoms. The number of carbonyl (C=O) groups excluding carboxylic acids is 1. The van der Waals surface area contributed by atoms with Crippen molar-refractivity contribution >= 4 is 13.3 Å². The number of benzene rings is 2. The van der Waals surface area contributed by atoms with Crippen molar-refractivity contribution in [1.29, 1.82) is 0 Å². The molecule has 0 amide bonds. The zero-order valence-corrected chi connectivity index (χ0v) is 20.7. The van der Waals surface area contributed by atoms with Gasteiger partial charge in [-0.1, -0.05) is 0 Å². The molecule has 182 valence electrons. The average Bonchev–Trinajstić information content (AvgIpc) is 3.51. The number of carbonyl (C=O) groups is 1. The molecule has 4 aliphatic heterocycles. The number of esters is 1. The van der Waals surface area contributed by atoms with Crippen LogP contribution < -0.4 is 0 Å². The summed E-state index contributed by atoms with van der Waals surface area (Å²) in [5.41, 5.74) is 1.55. The van der Waals surface area contributed by atoms with Gasteiger partial charge in [-0.25, -0.2) is 0 Å². The third kappa shape index (κ3) is 2.66. The van der Waals surface area contributed by atoms with E-state index in [2.05, 4.69) is 33.6 Å². The van der Waals surface area contributed by atoms with Crippen LogP contribution in [0.3, 0.4) is 0 Å². The van der Waals surface area contributed by atoms with Gasteiger partial charge in [-0.15, -0.1) is 0 Å². The van der Waals surface area contributed by atoms with Gasteiger partial charge >= 0.3 is 201 Å². The molecule has 6 rings (SSSR count). The number of rotatable bonds is 5. The van der Waals surface area contributed by atoms with Crippen molar-refractivity contribution in [3.8, 4) is 0 Å². The Morgan fingerprint density at radius 1 is 0.882 bits per heavy atom. The normalized spacial score (nSPS) is 34.8. The molecule has 0 saturated carbocycles. The molecule has 3 atom stereocenters. The zero-order valence-electron chi connectivity index (χ0n) is 19.8. The van der Waals surface area contributed by atoms with Gasteiger partial charge in [0.05, 0.1) is 0 Å². The first kappa shape index (κ1) is 22.6. The maximum absolute atomic E-state index is 13.5. The van der Waals surface area contributed by atoms with E-state index in [9.17, 15) is 9.90 Å². The molecule has 1 N–H and O–H groups in total. The van der Waals surface area contributed by atoms with Gasteiger partial charge in [-0.05, 0) is 0 Å². The Hall–Kier alpha value is -1.86. The summed E-state index contributed by atoms with van der Waals surface area (Å²) in [6, 6.07) is 20.6. The van der Waals surface area contributed by atoms with Crippen molar-refractivity contribution in [1.82, 2.24) is 9.34 Å². The van der Waals surface area contributed by atoms with E-state index >= 15 is 0 Å². The molecule has 7 nitrogen and oxygen atoms in total.